The van der Waals surface area contributed by atoms with Crippen LogP contribution in [0, 0.1) is 5.21 Å². The molecule has 7 heteroatoms. The number of aromatic carboxylic acids is 1. The van der Waals surface area contributed by atoms with Gasteiger partial charge in [0.2, 0.25) is 0 Å². The molecule has 27 heavy (non-hydrogen) atoms. The highest BCUT2D eigenvalue weighted by Crippen LogP contribution is 2.30. The number of hydrogen-bond acceptors (Lipinski definition) is 4. The molecule has 0 aliphatic rings. The fourth-order valence-corrected chi connectivity index (χ4v) is 2.99. The standard InChI is InChI=1S/C20H15N3O4/c24-20(25)14-7-9-15(10-8-14)22-18-4-2-1-3-17(18)19(21-22)13-5-11-16(12-6-13)23(26)27/h1-12,23,26H,(H,24,25). The van der Waals surface area contributed by atoms with E-state index in [9.17, 15) is 10.0 Å². The Morgan fingerprint density at radius 1 is 0.963 bits per heavy atom. The third-order valence-electron chi connectivity index (χ3n) is 4.35. The quantitative estimate of drug-likeness (QED) is 0.485. The molecule has 4 rings (SSSR count). The SMILES string of the molecule is O=C(O)c1ccc(-n2nc(-c3ccc([NH+]([O-])O)cc3)c3ccccc32)cc1. The summed E-state index contributed by atoms with van der Waals surface area (Å²) in [6, 6.07) is 20.8. The van der Waals surface area contributed by atoms with E-state index in [4.69, 9.17) is 15.4 Å². The van der Waals surface area contributed by atoms with Crippen molar-refractivity contribution in [3.8, 4) is 16.9 Å². The Labute approximate surface area is 153 Å². The number of carboxylic acids is 1. The Hall–Kier alpha value is -3.52. The van der Waals surface area contributed by atoms with Crippen LogP contribution in [0.2, 0.25) is 0 Å². The van der Waals surface area contributed by atoms with Crippen LogP contribution in [0.25, 0.3) is 27.8 Å². The van der Waals surface area contributed by atoms with Crippen molar-refractivity contribution >= 4 is 22.6 Å². The third kappa shape index (κ3) is 3.06. The van der Waals surface area contributed by atoms with Crippen molar-refractivity contribution in [2.75, 3.05) is 0 Å². The number of aromatic nitrogens is 2. The molecule has 0 bridgehead atoms. The van der Waals surface area contributed by atoms with Gasteiger partial charge in [-0.15, -0.1) is 0 Å². The minimum Gasteiger partial charge on any atom is -0.595 e. The highest BCUT2D eigenvalue weighted by Gasteiger charge is 2.14. The van der Waals surface area contributed by atoms with Crippen LogP contribution < -0.4 is 5.23 Å². The topological polar surface area (TPSA) is 103 Å². The maximum Gasteiger partial charge on any atom is 0.335 e. The molecular formula is C20H15N3O4. The molecular weight excluding hydrogens is 346 g/mol. The molecule has 3 N–H and O–H groups in total. The van der Waals surface area contributed by atoms with Gasteiger partial charge in [-0.25, -0.2) is 14.7 Å². The van der Waals surface area contributed by atoms with E-state index in [1.165, 1.54) is 12.1 Å². The van der Waals surface area contributed by atoms with Crippen molar-refractivity contribution in [3.05, 3.63) is 83.6 Å². The molecule has 3 aromatic carbocycles. The van der Waals surface area contributed by atoms with Gasteiger partial charge in [0.05, 0.1) is 16.8 Å². The Bertz CT molecular complexity index is 1120. The lowest BCUT2D eigenvalue weighted by Crippen LogP contribution is -2.99. The maximum absolute atomic E-state index is 11.1. The van der Waals surface area contributed by atoms with Gasteiger partial charge < -0.3 is 10.3 Å². The van der Waals surface area contributed by atoms with Gasteiger partial charge in [0, 0.05) is 23.1 Å². The first-order chi connectivity index (χ1) is 13.0. The van der Waals surface area contributed by atoms with Crippen LogP contribution in [0.4, 0.5) is 5.69 Å². The Morgan fingerprint density at radius 3 is 2.26 bits per heavy atom. The zero-order chi connectivity index (χ0) is 19.0. The van der Waals surface area contributed by atoms with Gasteiger partial charge in [0.1, 0.15) is 5.69 Å². The summed E-state index contributed by atoms with van der Waals surface area (Å²) in [6.07, 6.45) is 0. The smallest absolute Gasteiger partial charge is 0.335 e. The second kappa shape index (κ2) is 6.65. The first-order valence-electron chi connectivity index (χ1n) is 8.20. The van der Waals surface area contributed by atoms with Crippen molar-refractivity contribution in [2.45, 2.75) is 0 Å². The average molecular weight is 361 g/mol. The molecule has 0 saturated carbocycles. The van der Waals surface area contributed by atoms with E-state index < -0.39 is 11.2 Å². The molecule has 0 aliphatic carbocycles. The zero-order valence-corrected chi connectivity index (χ0v) is 14.0. The third-order valence-corrected chi connectivity index (χ3v) is 4.35. The Balaban J connectivity index is 1.85. The molecule has 0 saturated heterocycles. The van der Waals surface area contributed by atoms with Crippen LogP contribution in [0.5, 0.6) is 0 Å². The van der Waals surface area contributed by atoms with Crippen LogP contribution >= 0.6 is 0 Å². The van der Waals surface area contributed by atoms with Gasteiger partial charge in [-0.2, -0.15) is 10.3 Å². The van der Waals surface area contributed by atoms with E-state index in [2.05, 4.69) is 0 Å². The van der Waals surface area contributed by atoms with E-state index in [-0.39, 0.29) is 11.3 Å². The minimum absolute atomic E-state index is 0.208. The van der Waals surface area contributed by atoms with Crippen LogP contribution in [-0.4, -0.2) is 26.1 Å². The summed E-state index contributed by atoms with van der Waals surface area (Å²) in [5, 5.41) is 33.8. The molecule has 0 aliphatic heterocycles. The predicted molar refractivity (Wildman–Crippen MR) is 99.2 cm³/mol. The average Bonchev–Trinajstić information content (AvgIpc) is 3.08. The lowest BCUT2D eigenvalue weighted by atomic mass is 10.1. The number of rotatable bonds is 4. The second-order valence-electron chi connectivity index (χ2n) is 6.01. The van der Waals surface area contributed by atoms with E-state index >= 15 is 0 Å². The van der Waals surface area contributed by atoms with E-state index in [0.29, 0.717) is 0 Å². The van der Waals surface area contributed by atoms with E-state index in [1.54, 1.807) is 41.1 Å². The fraction of sp³-hybridized carbons (Fsp3) is 0. The summed E-state index contributed by atoms with van der Waals surface area (Å²) < 4.78 is 1.75. The summed E-state index contributed by atoms with van der Waals surface area (Å²) in [4.78, 5) is 11.1. The Morgan fingerprint density at radius 2 is 1.63 bits per heavy atom. The number of nitrogens with zero attached hydrogens (tertiary/aromatic N) is 2. The molecule has 0 amide bonds. The van der Waals surface area contributed by atoms with E-state index in [1.807, 2.05) is 24.3 Å². The number of para-hydroxylation sites is 1. The largest absolute Gasteiger partial charge is 0.595 e. The molecule has 0 spiro atoms. The maximum atomic E-state index is 11.1. The molecule has 1 heterocycles. The summed E-state index contributed by atoms with van der Waals surface area (Å²) in [5.41, 5.74) is 3.57. The van der Waals surface area contributed by atoms with Crippen molar-refractivity contribution in [1.82, 2.24) is 9.78 Å². The molecule has 1 atom stereocenters. The summed E-state index contributed by atoms with van der Waals surface area (Å²) >= 11 is 0. The zero-order valence-electron chi connectivity index (χ0n) is 14.0. The van der Waals surface area contributed by atoms with Crippen LogP contribution in [0.15, 0.2) is 72.8 Å². The van der Waals surface area contributed by atoms with Crippen LogP contribution in [0.1, 0.15) is 10.4 Å². The lowest BCUT2D eigenvalue weighted by molar-refractivity contribution is -0.991. The number of benzene rings is 3. The van der Waals surface area contributed by atoms with Gasteiger partial charge in [-0.05, 0) is 42.5 Å². The first-order valence-corrected chi connectivity index (χ1v) is 8.20. The number of carboxylic acid groups (broad SMARTS) is 1. The highest BCUT2D eigenvalue weighted by molar-refractivity contribution is 5.94. The summed E-state index contributed by atoms with van der Waals surface area (Å²) in [6.45, 7) is 0. The molecule has 0 fully saturated rings. The molecule has 1 unspecified atom stereocenters. The van der Waals surface area contributed by atoms with Gasteiger partial charge >= 0.3 is 5.97 Å². The Kier molecular flexibility index (Phi) is 4.17. The number of quaternary nitrogens is 1. The number of carbonyl (C=O) groups is 1. The monoisotopic (exact) mass is 361 g/mol. The molecule has 4 aromatic rings. The lowest BCUT2D eigenvalue weighted by Gasteiger charge is -2.11. The normalized spacial score (nSPS) is 12.2. The highest BCUT2D eigenvalue weighted by atomic mass is 16.8. The van der Waals surface area contributed by atoms with Crippen molar-refractivity contribution in [1.29, 1.82) is 0 Å². The van der Waals surface area contributed by atoms with Crippen molar-refractivity contribution in [3.63, 3.8) is 0 Å². The van der Waals surface area contributed by atoms with E-state index in [0.717, 1.165) is 27.8 Å². The molecule has 7 nitrogen and oxygen atoms in total. The van der Waals surface area contributed by atoms with Crippen molar-refractivity contribution in [2.24, 2.45) is 0 Å². The summed E-state index contributed by atoms with van der Waals surface area (Å²) in [7, 11) is 0. The number of nitrogens with one attached hydrogen (secondary N) is 1. The predicted octanol–water partition coefficient (Wildman–Crippen LogP) is 2.79. The van der Waals surface area contributed by atoms with Gasteiger partial charge in [0.25, 0.3) is 0 Å². The van der Waals surface area contributed by atoms with Gasteiger partial charge in [-0.1, -0.05) is 18.2 Å². The molecule has 0 radical (unpaired) electrons. The number of fused-ring (bicyclic) bond motifs is 1. The second-order valence-corrected chi connectivity index (χ2v) is 6.01. The first kappa shape index (κ1) is 16.9. The van der Waals surface area contributed by atoms with Gasteiger partial charge in [-0.3, -0.25) is 0 Å². The van der Waals surface area contributed by atoms with Crippen LogP contribution in [0.3, 0.4) is 0 Å². The van der Waals surface area contributed by atoms with Gasteiger partial charge in [0.15, 0.2) is 5.69 Å². The summed E-state index contributed by atoms with van der Waals surface area (Å²) in [5.74, 6) is -0.980. The molecule has 134 valence electrons. The van der Waals surface area contributed by atoms with Crippen LogP contribution in [-0.2, 0) is 0 Å². The minimum atomic E-state index is -0.980. The van der Waals surface area contributed by atoms with Crippen molar-refractivity contribution < 1.29 is 20.3 Å². The fourth-order valence-electron chi connectivity index (χ4n) is 2.99. The molecule has 1 aromatic heterocycles. The number of hydrogen-bond donors (Lipinski definition) is 3.